The van der Waals surface area contributed by atoms with Crippen molar-refractivity contribution in [2.45, 2.75) is 65.2 Å². The molecule has 0 aromatic heterocycles. The smallest absolute Gasteiger partial charge is 0.217 e. The Labute approximate surface area is 106 Å². The summed E-state index contributed by atoms with van der Waals surface area (Å²) in [5.41, 5.74) is 0. The Bertz CT molecular complexity index is 262. The molecule has 0 saturated heterocycles. The summed E-state index contributed by atoms with van der Waals surface area (Å²) >= 11 is 0. The highest BCUT2D eigenvalue weighted by molar-refractivity contribution is 7.80. The van der Waals surface area contributed by atoms with Crippen LogP contribution in [0.5, 0.6) is 0 Å². The van der Waals surface area contributed by atoms with Crippen molar-refractivity contribution in [3.8, 4) is 0 Å². The highest BCUT2D eigenvalue weighted by Crippen LogP contribution is 2.19. The molecule has 0 aliphatic rings. The first-order valence-corrected chi connectivity index (χ1v) is 7.93. The van der Waals surface area contributed by atoms with Crippen molar-refractivity contribution in [2.75, 3.05) is 6.61 Å². The molecule has 0 fully saturated rings. The molecular weight excluding hydrogens is 240 g/mol. The third kappa shape index (κ3) is 12.1. The number of rotatable bonds is 11. The third-order valence-corrected chi connectivity index (χ3v) is 3.48. The molecule has 0 heterocycles. The minimum atomic E-state index is -4.50. The van der Waals surface area contributed by atoms with Crippen LogP contribution in [0.25, 0.3) is 0 Å². The van der Waals surface area contributed by atoms with E-state index in [-0.39, 0.29) is 6.61 Å². The van der Waals surface area contributed by atoms with E-state index in [1.807, 2.05) is 0 Å². The number of hydrogen-bond donors (Lipinski definition) is 0. The second kappa shape index (κ2) is 9.85. The minimum Gasteiger partial charge on any atom is -0.726 e. The Kier molecular flexibility index (Phi) is 9.78. The maximum Gasteiger partial charge on any atom is 0.217 e. The van der Waals surface area contributed by atoms with Gasteiger partial charge in [-0.05, 0) is 12.3 Å². The Morgan fingerprint density at radius 3 is 2.12 bits per heavy atom. The molecule has 0 radical (unpaired) electrons. The summed E-state index contributed by atoms with van der Waals surface area (Å²) in [6.45, 7) is 4.41. The molecule has 1 unspecified atom stereocenters. The van der Waals surface area contributed by atoms with E-state index in [0.717, 1.165) is 18.8 Å². The molecule has 0 aliphatic heterocycles. The molecule has 104 valence electrons. The van der Waals surface area contributed by atoms with Crippen LogP contribution in [0.15, 0.2) is 0 Å². The SMILES string of the molecule is CCCCCC(CC)CCCCOS(=O)(=O)[O-]. The Hall–Kier alpha value is -0.130. The van der Waals surface area contributed by atoms with Crippen molar-refractivity contribution in [1.82, 2.24) is 0 Å². The van der Waals surface area contributed by atoms with Gasteiger partial charge in [-0.25, -0.2) is 8.42 Å². The molecule has 1 atom stereocenters. The lowest BCUT2D eigenvalue weighted by Gasteiger charge is -2.14. The van der Waals surface area contributed by atoms with Crippen LogP contribution in [0, 0.1) is 5.92 Å². The van der Waals surface area contributed by atoms with Crippen molar-refractivity contribution in [3.05, 3.63) is 0 Å². The third-order valence-electron chi connectivity index (χ3n) is 3.03. The lowest BCUT2D eigenvalue weighted by Crippen LogP contribution is -2.06. The fraction of sp³-hybridized carbons (Fsp3) is 1.00. The Morgan fingerprint density at radius 1 is 1.06 bits per heavy atom. The lowest BCUT2D eigenvalue weighted by atomic mass is 9.93. The van der Waals surface area contributed by atoms with E-state index in [4.69, 9.17) is 0 Å². The summed E-state index contributed by atoms with van der Waals surface area (Å²) in [5.74, 6) is 0.727. The molecule has 0 aromatic rings. The quantitative estimate of drug-likeness (QED) is 0.327. The molecule has 0 N–H and O–H groups in total. The maximum absolute atomic E-state index is 10.2. The van der Waals surface area contributed by atoms with Crippen molar-refractivity contribution >= 4 is 10.4 Å². The molecule has 0 aromatic carbocycles. The first kappa shape index (κ1) is 16.9. The molecule has 0 spiro atoms. The zero-order valence-electron chi connectivity index (χ0n) is 11.0. The predicted molar refractivity (Wildman–Crippen MR) is 67.4 cm³/mol. The van der Waals surface area contributed by atoms with Crippen LogP contribution in [0.3, 0.4) is 0 Å². The molecule has 5 heteroatoms. The molecule has 0 bridgehead atoms. The molecule has 17 heavy (non-hydrogen) atoms. The topological polar surface area (TPSA) is 66.4 Å². The van der Waals surface area contributed by atoms with Gasteiger partial charge in [-0.2, -0.15) is 0 Å². The molecule has 0 amide bonds. The number of hydrogen-bond acceptors (Lipinski definition) is 4. The fourth-order valence-electron chi connectivity index (χ4n) is 1.93. The van der Waals surface area contributed by atoms with Crippen LogP contribution in [-0.2, 0) is 14.6 Å². The van der Waals surface area contributed by atoms with Crippen molar-refractivity contribution in [1.29, 1.82) is 0 Å². The van der Waals surface area contributed by atoms with Crippen LogP contribution in [0.1, 0.15) is 65.2 Å². The van der Waals surface area contributed by atoms with Gasteiger partial charge in [0, 0.05) is 0 Å². The van der Waals surface area contributed by atoms with Gasteiger partial charge in [0.25, 0.3) is 0 Å². The molecular formula is C12H25O4S-. The van der Waals surface area contributed by atoms with Crippen LogP contribution in [0.2, 0.25) is 0 Å². The van der Waals surface area contributed by atoms with E-state index in [0.29, 0.717) is 6.42 Å². The fourth-order valence-corrected chi connectivity index (χ4v) is 2.25. The lowest BCUT2D eigenvalue weighted by molar-refractivity contribution is 0.251. The second-order valence-corrected chi connectivity index (χ2v) is 5.55. The standard InChI is InChI=1S/C12H26O4S/c1-3-5-6-9-12(4-2)10-7-8-11-16-17(13,14)15/h12H,3-11H2,1-2H3,(H,13,14,15)/p-1. The molecule has 0 rings (SSSR count). The predicted octanol–water partition coefficient (Wildman–Crippen LogP) is 3.24. The summed E-state index contributed by atoms with van der Waals surface area (Å²) < 4.78 is 34.7. The van der Waals surface area contributed by atoms with Gasteiger partial charge in [-0.15, -0.1) is 0 Å². The van der Waals surface area contributed by atoms with Gasteiger partial charge in [0.15, 0.2) is 0 Å². The van der Waals surface area contributed by atoms with Crippen LogP contribution >= 0.6 is 0 Å². The largest absolute Gasteiger partial charge is 0.726 e. The van der Waals surface area contributed by atoms with E-state index in [1.165, 1.54) is 32.1 Å². The van der Waals surface area contributed by atoms with Crippen molar-refractivity contribution in [3.63, 3.8) is 0 Å². The molecule has 0 aliphatic carbocycles. The molecule has 4 nitrogen and oxygen atoms in total. The maximum atomic E-state index is 10.2. The average molecular weight is 265 g/mol. The van der Waals surface area contributed by atoms with E-state index in [2.05, 4.69) is 18.0 Å². The summed E-state index contributed by atoms with van der Waals surface area (Å²) in [6.07, 6.45) is 8.91. The zero-order chi connectivity index (χ0) is 13.1. The van der Waals surface area contributed by atoms with E-state index in [1.54, 1.807) is 0 Å². The minimum absolute atomic E-state index is 0.0250. The van der Waals surface area contributed by atoms with Gasteiger partial charge in [0.05, 0.1) is 6.61 Å². The normalized spacial score (nSPS) is 13.8. The van der Waals surface area contributed by atoms with Crippen molar-refractivity contribution in [2.24, 2.45) is 5.92 Å². The average Bonchev–Trinajstić information content (AvgIpc) is 2.25. The van der Waals surface area contributed by atoms with E-state index >= 15 is 0 Å². The Morgan fingerprint density at radius 2 is 1.65 bits per heavy atom. The highest BCUT2D eigenvalue weighted by atomic mass is 32.3. The summed E-state index contributed by atoms with van der Waals surface area (Å²) in [4.78, 5) is 0. The first-order valence-electron chi connectivity index (χ1n) is 6.59. The Balaban J connectivity index is 3.49. The summed E-state index contributed by atoms with van der Waals surface area (Å²) in [5, 5.41) is 0. The number of unbranched alkanes of at least 4 members (excludes halogenated alkanes) is 3. The highest BCUT2D eigenvalue weighted by Gasteiger charge is 2.05. The first-order chi connectivity index (χ1) is 7.99. The van der Waals surface area contributed by atoms with Gasteiger partial charge >= 0.3 is 0 Å². The molecule has 0 saturated carbocycles. The van der Waals surface area contributed by atoms with Crippen LogP contribution in [-0.4, -0.2) is 19.6 Å². The summed E-state index contributed by atoms with van der Waals surface area (Å²) in [6, 6.07) is 0. The van der Waals surface area contributed by atoms with Crippen LogP contribution < -0.4 is 0 Å². The van der Waals surface area contributed by atoms with Gasteiger partial charge in [-0.3, -0.25) is 4.18 Å². The monoisotopic (exact) mass is 265 g/mol. The van der Waals surface area contributed by atoms with Gasteiger partial charge in [-0.1, -0.05) is 58.8 Å². The van der Waals surface area contributed by atoms with Gasteiger partial charge < -0.3 is 4.55 Å². The van der Waals surface area contributed by atoms with Crippen molar-refractivity contribution < 1.29 is 17.2 Å². The summed E-state index contributed by atoms with van der Waals surface area (Å²) in [7, 11) is -4.50. The second-order valence-electron chi connectivity index (χ2n) is 4.50. The zero-order valence-corrected chi connectivity index (χ0v) is 11.8. The van der Waals surface area contributed by atoms with Gasteiger partial charge in [0.2, 0.25) is 10.4 Å². The van der Waals surface area contributed by atoms with E-state index in [9.17, 15) is 13.0 Å². The van der Waals surface area contributed by atoms with E-state index < -0.39 is 10.4 Å². The van der Waals surface area contributed by atoms with Gasteiger partial charge in [0.1, 0.15) is 0 Å². The van der Waals surface area contributed by atoms with Crippen LogP contribution in [0.4, 0.5) is 0 Å².